The van der Waals surface area contributed by atoms with E-state index in [-0.39, 0.29) is 30.7 Å². The van der Waals surface area contributed by atoms with Crippen LogP contribution in [-0.4, -0.2) is 36.2 Å². The summed E-state index contributed by atoms with van der Waals surface area (Å²) in [5.41, 5.74) is 0.937. The minimum atomic E-state index is -1.00. The first kappa shape index (κ1) is 14.1. The maximum Gasteiger partial charge on any atom is 0.341 e. The van der Waals surface area contributed by atoms with Crippen molar-refractivity contribution in [3.8, 4) is 5.75 Å². The summed E-state index contributed by atoms with van der Waals surface area (Å²) in [7, 11) is 0. The molecular weight excluding hydrogens is 272 g/mol. The van der Waals surface area contributed by atoms with Gasteiger partial charge in [0, 0.05) is 11.8 Å². The summed E-state index contributed by atoms with van der Waals surface area (Å²) >= 11 is 0. The molecule has 2 aliphatic rings. The van der Waals surface area contributed by atoms with Gasteiger partial charge in [0.05, 0.1) is 12.2 Å². The zero-order valence-corrected chi connectivity index (χ0v) is 11.6. The number of carbonyl (C=O) groups excluding carboxylic acids is 1. The van der Waals surface area contributed by atoms with Crippen LogP contribution < -0.4 is 4.74 Å². The van der Waals surface area contributed by atoms with E-state index in [0.29, 0.717) is 12.2 Å². The predicted octanol–water partition coefficient (Wildman–Crippen LogP) is 1.68. The Kier molecular flexibility index (Phi) is 3.92. The molecule has 112 valence electrons. The number of carbonyl (C=O) groups is 2. The minimum Gasteiger partial charge on any atom is -0.482 e. The molecule has 0 spiro atoms. The van der Waals surface area contributed by atoms with Crippen molar-refractivity contribution in [3.63, 3.8) is 0 Å². The molecule has 0 amide bonds. The van der Waals surface area contributed by atoms with E-state index in [1.165, 1.54) is 0 Å². The number of para-hydroxylation sites is 1. The average molecular weight is 290 g/mol. The van der Waals surface area contributed by atoms with Crippen LogP contribution in [0.5, 0.6) is 5.75 Å². The molecule has 0 aliphatic carbocycles. The molecule has 0 aromatic heterocycles. The molecule has 4 atom stereocenters. The van der Waals surface area contributed by atoms with E-state index in [4.69, 9.17) is 14.6 Å². The zero-order chi connectivity index (χ0) is 14.8. The highest BCUT2D eigenvalue weighted by atomic mass is 16.5. The zero-order valence-electron chi connectivity index (χ0n) is 11.6. The summed E-state index contributed by atoms with van der Waals surface area (Å²) in [6, 6.07) is 7.40. The van der Waals surface area contributed by atoms with Crippen LogP contribution in [0, 0.1) is 11.8 Å². The third kappa shape index (κ3) is 2.78. The fourth-order valence-corrected chi connectivity index (χ4v) is 3.47. The number of fused-ring (bicyclic) bond motifs is 2. The van der Waals surface area contributed by atoms with Crippen LogP contribution in [0.1, 0.15) is 18.4 Å². The Hall–Kier alpha value is -1.88. The smallest absolute Gasteiger partial charge is 0.341 e. The van der Waals surface area contributed by atoms with Crippen molar-refractivity contribution in [2.24, 2.45) is 11.8 Å². The molecule has 1 aromatic rings. The number of carboxylic acids is 1. The van der Waals surface area contributed by atoms with E-state index >= 15 is 0 Å². The standard InChI is InChI=1S/C16H18O5/c17-8-12-11(14-5-6-15(12)21-14)7-10-3-1-2-4-13(10)20-9-16(18)19/h1-4,8,11-12,14-15H,5-7,9H2,(H,18,19)/t11-,12+,14-,15+/m0/s1. The maximum atomic E-state index is 11.3. The Bertz CT molecular complexity index is 541. The lowest BCUT2D eigenvalue weighted by Crippen LogP contribution is -2.30. The lowest BCUT2D eigenvalue weighted by atomic mass is 9.77. The lowest BCUT2D eigenvalue weighted by Gasteiger charge is -2.24. The third-order valence-corrected chi connectivity index (χ3v) is 4.42. The summed E-state index contributed by atoms with van der Waals surface area (Å²) in [6.07, 6.45) is 3.84. The van der Waals surface area contributed by atoms with Gasteiger partial charge in [0.25, 0.3) is 0 Å². The predicted molar refractivity (Wildman–Crippen MR) is 74.2 cm³/mol. The number of hydrogen-bond donors (Lipinski definition) is 1. The van der Waals surface area contributed by atoms with Gasteiger partial charge in [-0.2, -0.15) is 0 Å². The number of carboxylic acid groups (broad SMARTS) is 1. The van der Waals surface area contributed by atoms with Gasteiger partial charge in [-0.05, 0) is 30.9 Å². The highest BCUT2D eigenvalue weighted by molar-refractivity contribution is 5.68. The Morgan fingerprint density at radius 3 is 2.86 bits per heavy atom. The van der Waals surface area contributed by atoms with Gasteiger partial charge in [0.15, 0.2) is 6.61 Å². The van der Waals surface area contributed by atoms with E-state index in [2.05, 4.69) is 0 Å². The number of benzene rings is 1. The first-order chi connectivity index (χ1) is 10.2. The van der Waals surface area contributed by atoms with E-state index in [1.807, 2.05) is 18.2 Å². The van der Waals surface area contributed by atoms with Crippen molar-refractivity contribution in [1.82, 2.24) is 0 Å². The second-order valence-electron chi connectivity index (χ2n) is 5.66. The summed E-state index contributed by atoms with van der Waals surface area (Å²) in [6.45, 7) is -0.360. The maximum absolute atomic E-state index is 11.3. The van der Waals surface area contributed by atoms with Gasteiger partial charge < -0.3 is 19.4 Å². The van der Waals surface area contributed by atoms with Crippen LogP contribution in [0.3, 0.4) is 0 Å². The summed E-state index contributed by atoms with van der Waals surface area (Å²) < 4.78 is 11.2. The van der Waals surface area contributed by atoms with Crippen molar-refractivity contribution in [1.29, 1.82) is 0 Å². The van der Waals surface area contributed by atoms with Crippen LogP contribution in [-0.2, 0) is 20.7 Å². The molecule has 2 fully saturated rings. The third-order valence-electron chi connectivity index (χ3n) is 4.42. The molecule has 5 heteroatoms. The SMILES string of the molecule is O=C[C@@H]1[C@H](Cc2ccccc2OCC(=O)O)[C@@H]2CC[C@H]1O2. The largest absolute Gasteiger partial charge is 0.482 e. The van der Waals surface area contributed by atoms with Crippen LogP contribution in [0.2, 0.25) is 0 Å². The second kappa shape index (κ2) is 5.85. The Morgan fingerprint density at radius 1 is 1.33 bits per heavy atom. The van der Waals surface area contributed by atoms with E-state index in [0.717, 1.165) is 24.7 Å². The van der Waals surface area contributed by atoms with Crippen molar-refractivity contribution in [2.75, 3.05) is 6.61 Å². The number of hydrogen-bond acceptors (Lipinski definition) is 4. The number of aliphatic carboxylic acids is 1. The first-order valence-corrected chi connectivity index (χ1v) is 7.22. The van der Waals surface area contributed by atoms with Crippen molar-refractivity contribution in [3.05, 3.63) is 29.8 Å². The monoisotopic (exact) mass is 290 g/mol. The molecule has 21 heavy (non-hydrogen) atoms. The topological polar surface area (TPSA) is 72.8 Å². The molecular formula is C16H18O5. The fourth-order valence-electron chi connectivity index (χ4n) is 3.47. The number of ether oxygens (including phenoxy) is 2. The Balaban J connectivity index is 1.75. The normalized spacial score (nSPS) is 30.3. The van der Waals surface area contributed by atoms with Crippen molar-refractivity contribution >= 4 is 12.3 Å². The Morgan fingerprint density at radius 2 is 2.10 bits per heavy atom. The van der Waals surface area contributed by atoms with Gasteiger partial charge in [-0.25, -0.2) is 4.79 Å². The van der Waals surface area contributed by atoms with Crippen LogP contribution in [0.15, 0.2) is 24.3 Å². The van der Waals surface area contributed by atoms with Gasteiger partial charge in [0.1, 0.15) is 12.0 Å². The molecule has 2 saturated heterocycles. The van der Waals surface area contributed by atoms with E-state index < -0.39 is 5.97 Å². The summed E-state index contributed by atoms with van der Waals surface area (Å²) in [5, 5.41) is 8.72. The van der Waals surface area contributed by atoms with Gasteiger partial charge >= 0.3 is 5.97 Å². The van der Waals surface area contributed by atoms with Crippen LogP contribution >= 0.6 is 0 Å². The molecule has 1 aromatic carbocycles. The van der Waals surface area contributed by atoms with Crippen molar-refractivity contribution in [2.45, 2.75) is 31.5 Å². The Labute approximate surface area is 122 Å². The number of rotatable bonds is 6. The molecule has 0 unspecified atom stereocenters. The molecule has 2 aliphatic heterocycles. The molecule has 0 radical (unpaired) electrons. The summed E-state index contributed by atoms with van der Waals surface area (Å²) in [4.78, 5) is 21.9. The molecule has 1 N–H and O–H groups in total. The van der Waals surface area contributed by atoms with Gasteiger partial charge in [-0.3, -0.25) is 0 Å². The van der Waals surface area contributed by atoms with Gasteiger partial charge in [0.2, 0.25) is 0 Å². The molecule has 0 saturated carbocycles. The van der Waals surface area contributed by atoms with Crippen molar-refractivity contribution < 1.29 is 24.2 Å². The summed E-state index contributed by atoms with van der Waals surface area (Å²) in [5.74, 6) is -0.321. The van der Waals surface area contributed by atoms with E-state index in [9.17, 15) is 9.59 Å². The highest BCUT2D eigenvalue weighted by Crippen LogP contribution is 2.44. The van der Waals surface area contributed by atoms with Crippen LogP contribution in [0.25, 0.3) is 0 Å². The molecule has 2 heterocycles. The quantitative estimate of drug-likeness (QED) is 0.807. The average Bonchev–Trinajstić information content (AvgIpc) is 3.07. The highest BCUT2D eigenvalue weighted by Gasteiger charge is 2.48. The van der Waals surface area contributed by atoms with Gasteiger partial charge in [-0.1, -0.05) is 18.2 Å². The molecule has 3 rings (SSSR count). The molecule has 5 nitrogen and oxygen atoms in total. The molecule has 2 bridgehead atoms. The van der Waals surface area contributed by atoms with Gasteiger partial charge in [-0.15, -0.1) is 0 Å². The number of aldehydes is 1. The van der Waals surface area contributed by atoms with Crippen LogP contribution in [0.4, 0.5) is 0 Å². The van der Waals surface area contributed by atoms with E-state index in [1.54, 1.807) is 6.07 Å². The minimum absolute atomic E-state index is 0.0590. The first-order valence-electron chi connectivity index (χ1n) is 7.22. The second-order valence-corrected chi connectivity index (χ2v) is 5.66. The lowest BCUT2D eigenvalue weighted by molar-refractivity contribution is -0.139. The fraction of sp³-hybridized carbons (Fsp3) is 0.500.